The molecule has 3 aromatic rings. The molecule has 2 heterocycles. The van der Waals surface area contributed by atoms with E-state index in [1.807, 2.05) is 0 Å². The van der Waals surface area contributed by atoms with Crippen LogP contribution in [-0.2, 0) is 0 Å². The summed E-state index contributed by atoms with van der Waals surface area (Å²) in [5.74, 6) is -2.99. The molecule has 5 nitrogen and oxygen atoms in total. The van der Waals surface area contributed by atoms with Gasteiger partial charge in [0.1, 0.15) is 23.2 Å². The quantitative estimate of drug-likeness (QED) is 0.328. The zero-order valence-electron chi connectivity index (χ0n) is 18.7. The molecule has 0 unspecified atom stereocenters. The molecule has 2 aliphatic rings. The van der Waals surface area contributed by atoms with Gasteiger partial charge in [-0.25, -0.2) is 18.1 Å². The van der Waals surface area contributed by atoms with Crippen molar-refractivity contribution in [3.8, 4) is 5.75 Å². The molecule has 0 spiro atoms. The second kappa shape index (κ2) is 8.92. The van der Waals surface area contributed by atoms with Crippen molar-refractivity contribution in [1.82, 2.24) is 0 Å². The van der Waals surface area contributed by atoms with Crippen LogP contribution in [0.5, 0.6) is 5.75 Å². The molecule has 9 heteroatoms. The highest BCUT2D eigenvalue weighted by Crippen LogP contribution is 2.41. The highest BCUT2D eigenvalue weighted by atomic mass is 35.5. The van der Waals surface area contributed by atoms with Gasteiger partial charge in [0.15, 0.2) is 0 Å². The summed E-state index contributed by atoms with van der Waals surface area (Å²) in [5, 5.41) is -0.284. The number of hydrogen-bond donors (Lipinski definition) is 0. The molecule has 1 saturated heterocycles. The van der Waals surface area contributed by atoms with E-state index in [9.17, 15) is 18.4 Å². The average Bonchev–Trinajstić information content (AvgIpc) is 3.11. The van der Waals surface area contributed by atoms with Crippen molar-refractivity contribution in [3.05, 3.63) is 87.7 Å². The Balaban J connectivity index is 1.40. The minimum absolute atomic E-state index is 0.0381. The molecule has 0 N–H and O–H groups in total. The number of methoxy groups -OCH3 is 1. The van der Waals surface area contributed by atoms with Crippen LogP contribution in [0, 0.1) is 17.5 Å². The lowest BCUT2D eigenvalue weighted by Gasteiger charge is -2.34. The number of carbonyl (C=O) groups excluding carboxylic acids is 2. The summed E-state index contributed by atoms with van der Waals surface area (Å²) in [7, 11) is 1.39. The molecule has 0 saturated carbocycles. The van der Waals surface area contributed by atoms with Gasteiger partial charge in [-0.2, -0.15) is 0 Å². The van der Waals surface area contributed by atoms with Gasteiger partial charge in [-0.3, -0.25) is 9.59 Å². The van der Waals surface area contributed by atoms with E-state index in [1.54, 1.807) is 29.2 Å². The topological polar surface area (TPSA) is 49.9 Å². The van der Waals surface area contributed by atoms with Crippen molar-refractivity contribution in [3.63, 3.8) is 0 Å². The van der Waals surface area contributed by atoms with Gasteiger partial charge in [0.2, 0.25) is 0 Å². The number of hydrogen-bond acceptors (Lipinski definition) is 4. The fourth-order valence-corrected chi connectivity index (χ4v) is 4.95. The van der Waals surface area contributed by atoms with Crippen LogP contribution in [0.1, 0.15) is 45.0 Å². The number of ether oxygens (including phenoxy) is 1. The zero-order chi connectivity index (χ0) is 24.9. The SMILES string of the molecule is COc1cc(C2CCN(c3cc(F)c(Cl)cc3F)CC2)c(F)cc1N1C(=O)c2ccccc2C1=O. The Morgan fingerprint density at radius 2 is 1.46 bits per heavy atom. The summed E-state index contributed by atoms with van der Waals surface area (Å²) in [5.41, 5.74) is 1.04. The monoisotopic (exact) mass is 500 g/mol. The fraction of sp³-hybridized carbons (Fsp3) is 0.231. The Bertz CT molecular complexity index is 1320. The van der Waals surface area contributed by atoms with Gasteiger partial charge in [0, 0.05) is 25.2 Å². The minimum Gasteiger partial charge on any atom is -0.495 e. The van der Waals surface area contributed by atoms with Crippen LogP contribution in [0.15, 0.2) is 48.5 Å². The predicted octanol–water partition coefficient (Wildman–Crippen LogP) is 5.95. The van der Waals surface area contributed by atoms with Crippen LogP contribution in [-0.4, -0.2) is 32.0 Å². The summed E-state index contributed by atoms with van der Waals surface area (Å²) >= 11 is 5.65. The van der Waals surface area contributed by atoms with Crippen molar-refractivity contribution < 1.29 is 27.5 Å². The first-order valence-electron chi connectivity index (χ1n) is 11.0. The predicted molar refractivity (Wildman–Crippen MR) is 126 cm³/mol. The maximum absolute atomic E-state index is 15.3. The molecule has 0 aromatic heterocycles. The van der Waals surface area contributed by atoms with Crippen LogP contribution in [0.2, 0.25) is 5.02 Å². The maximum atomic E-state index is 15.3. The summed E-state index contributed by atoms with van der Waals surface area (Å²) < 4.78 is 49.0. The number of amides is 2. The van der Waals surface area contributed by atoms with Crippen LogP contribution < -0.4 is 14.5 Å². The molecule has 5 rings (SSSR count). The summed E-state index contributed by atoms with van der Waals surface area (Å²) in [6, 6.07) is 11.1. The standard InChI is InChI=1S/C26H20ClF3N2O3/c1-35-24-10-17(14-6-8-31(9-7-14)22-13-20(29)18(27)11-21(22)30)19(28)12-23(24)32-25(33)15-4-2-3-5-16(15)26(32)34/h2-5,10-14H,6-9H2,1H3. The summed E-state index contributed by atoms with van der Waals surface area (Å²) in [6.45, 7) is 0.759. The third kappa shape index (κ3) is 3.91. The van der Waals surface area contributed by atoms with Crippen LogP contribution >= 0.6 is 11.6 Å². The Morgan fingerprint density at radius 1 is 0.857 bits per heavy atom. The van der Waals surface area contributed by atoms with Gasteiger partial charge < -0.3 is 9.64 Å². The van der Waals surface area contributed by atoms with Crippen molar-refractivity contribution in [1.29, 1.82) is 0 Å². The van der Waals surface area contributed by atoms with Crippen molar-refractivity contribution in [2.24, 2.45) is 0 Å². The van der Waals surface area contributed by atoms with E-state index < -0.39 is 29.3 Å². The first kappa shape index (κ1) is 23.2. The van der Waals surface area contributed by atoms with Gasteiger partial charge in [0.05, 0.1) is 34.6 Å². The Kier molecular flexibility index (Phi) is 5.92. The number of benzene rings is 3. The Hall–Kier alpha value is -3.52. The second-order valence-corrected chi connectivity index (χ2v) is 8.92. The first-order valence-corrected chi connectivity index (χ1v) is 11.4. The summed E-state index contributed by atoms with van der Waals surface area (Å²) in [6.07, 6.45) is 0.965. The van der Waals surface area contributed by atoms with E-state index in [0.29, 0.717) is 31.5 Å². The van der Waals surface area contributed by atoms with Crippen LogP contribution in [0.25, 0.3) is 0 Å². The molecule has 0 bridgehead atoms. The van der Waals surface area contributed by atoms with Crippen molar-refractivity contribution in [2.45, 2.75) is 18.8 Å². The lowest BCUT2D eigenvalue weighted by atomic mass is 9.88. The van der Waals surface area contributed by atoms with Gasteiger partial charge in [-0.1, -0.05) is 23.7 Å². The molecule has 2 amide bonds. The number of imide groups is 1. The van der Waals surface area contributed by atoms with E-state index in [0.717, 1.165) is 23.1 Å². The molecule has 2 aliphatic heterocycles. The normalized spacial score (nSPS) is 16.1. The number of rotatable bonds is 4. The Morgan fingerprint density at radius 3 is 2.06 bits per heavy atom. The van der Waals surface area contributed by atoms with Crippen LogP contribution in [0.3, 0.4) is 0 Å². The Labute approximate surface area is 204 Å². The number of halogens is 4. The third-order valence-corrected chi connectivity index (χ3v) is 6.89. The maximum Gasteiger partial charge on any atom is 0.266 e. The molecule has 0 radical (unpaired) electrons. The highest BCUT2D eigenvalue weighted by Gasteiger charge is 2.38. The number of piperidine rings is 1. The fourth-order valence-electron chi connectivity index (χ4n) is 4.80. The molecule has 180 valence electrons. The van der Waals surface area contributed by atoms with Crippen LogP contribution in [0.4, 0.5) is 24.5 Å². The van der Waals surface area contributed by atoms with Gasteiger partial charge in [-0.05, 0) is 48.6 Å². The summed E-state index contributed by atoms with van der Waals surface area (Å²) in [4.78, 5) is 28.4. The lowest BCUT2D eigenvalue weighted by molar-refractivity contribution is 0.0925. The minimum atomic E-state index is -0.704. The van der Waals surface area contributed by atoms with E-state index in [1.165, 1.54) is 13.2 Å². The van der Waals surface area contributed by atoms with E-state index in [4.69, 9.17) is 16.3 Å². The molecule has 35 heavy (non-hydrogen) atoms. The van der Waals surface area contributed by atoms with E-state index >= 15 is 4.39 Å². The highest BCUT2D eigenvalue weighted by molar-refractivity contribution is 6.34. The second-order valence-electron chi connectivity index (χ2n) is 8.52. The van der Waals surface area contributed by atoms with Crippen molar-refractivity contribution >= 4 is 34.8 Å². The lowest BCUT2D eigenvalue weighted by Crippen LogP contribution is -2.34. The largest absolute Gasteiger partial charge is 0.495 e. The van der Waals surface area contributed by atoms with Crippen molar-refractivity contribution in [2.75, 3.05) is 30.0 Å². The number of carbonyl (C=O) groups is 2. The molecule has 0 aliphatic carbocycles. The molecule has 3 aromatic carbocycles. The molecule has 0 atom stereocenters. The number of nitrogens with zero attached hydrogens (tertiary/aromatic N) is 2. The molecule has 1 fully saturated rings. The van der Waals surface area contributed by atoms with E-state index in [-0.39, 0.29) is 39.2 Å². The number of fused-ring (bicyclic) bond motifs is 1. The third-order valence-electron chi connectivity index (χ3n) is 6.60. The molecular formula is C26H20ClF3N2O3. The van der Waals surface area contributed by atoms with E-state index in [2.05, 4.69) is 0 Å². The molecular weight excluding hydrogens is 481 g/mol. The van der Waals surface area contributed by atoms with Gasteiger partial charge >= 0.3 is 0 Å². The first-order chi connectivity index (χ1) is 16.8. The smallest absolute Gasteiger partial charge is 0.266 e. The average molecular weight is 501 g/mol. The zero-order valence-corrected chi connectivity index (χ0v) is 19.4. The van der Waals surface area contributed by atoms with Gasteiger partial charge in [-0.15, -0.1) is 0 Å². The van der Waals surface area contributed by atoms with Gasteiger partial charge in [0.25, 0.3) is 11.8 Å². The number of anilines is 2.